The third-order valence-corrected chi connectivity index (χ3v) is 4.12. The first kappa shape index (κ1) is 6.39. The molecule has 0 aliphatic heterocycles. The molecule has 0 N–H and O–H groups in total. The predicted molar refractivity (Wildman–Crippen MR) is 43.4 cm³/mol. The summed E-state index contributed by atoms with van der Waals surface area (Å²) in [5.74, 6) is 0. The molecule has 2 rings (SSSR count). The van der Waals surface area contributed by atoms with E-state index in [4.69, 9.17) is 0 Å². The van der Waals surface area contributed by atoms with Gasteiger partial charge in [0.1, 0.15) is 0 Å². The normalized spacial score (nSPS) is 10.5. The van der Waals surface area contributed by atoms with E-state index in [0.29, 0.717) is 0 Å². The maximum absolute atomic E-state index is 4.43. The van der Waals surface area contributed by atoms with Crippen molar-refractivity contribution in [2.75, 3.05) is 0 Å². The standard InChI is InChI=1S/C8H7NTe/c1-6-9-7-4-2-3-5-8(7)10-6/h2-5H,1H3. The number of hydrogen-bond acceptors (Lipinski definition) is 1. The number of aromatic nitrogens is 1. The van der Waals surface area contributed by atoms with E-state index in [2.05, 4.69) is 30.1 Å². The van der Waals surface area contributed by atoms with Gasteiger partial charge in [-0.25, -0.2) is 0 Å². The fraction of sp³-hybridized carbons (Fsp3) is 0.125. The molecule has 0 spiro atoms. The average Bonchev–Trinajstić information content (AvgIpc) is 2.27. The van der Waals surface area contributed by atoms with E-state index in [0.717, 1.165) is 0 Å². The molecule has 0 saturated heterocycles. The SMILES string of the molecule is Cc1nc2ccccc2[te]1. The number of nitrogens with zero attached hydrogens (tertiary/aromatic N) is 1. The zero-order chi connectivity index (χ0) is 6.97. The van der Waals surface area contributed by atoms with Crippen LogP contribution in [0.3, 0.4) is 0 Å². The van der Waals surface area contributed by atoms with Crippen LogP contribution in [0.15, 0.2) is 24.3 Å². The molecule has 0 amide bonds. The Morgan fingerprint density at radius 2 is 2.10 bits per heavy atom. The summed E-state index contributed by atoms with van der Waals surface area (Å²) in [5, 5.41) is 0. The van der Waals surface area contributed by atoms with Crippen molar-refractivity contribution in [2.24, 2.45) is 0 Å². The summed E-state index contributed by atoms with van der Waals surface area (Å²) in [7, 11) is 0. The number of para-hydroxylation sites is 1. The van der Waals surface area contributed by atoms with Crippen molar-refractivity contribution < 1.29 is 0 Å². The van der Waals surface area contributed by atoms with Gasteiger partial charge in [0.25, 0.3) is 0 Å². The average molecular weight is 245 g/mol. The van der Waals surface area contributed by atoms with Gasteiger partial charge in [-0.1, -0.05) is 0 Å². The Bertz CT molecular complexity index is 318. The molecule has 0 bridgehead atoms. The summed E-state index contributed by atoms with van der Waals surface area (Å²) in [5.41, 5.74) is 1.21. The minimum absolute atomic E-state index is 0.0590. The number of benzene rings is 1. The summed E-state index contributed by atoms with van der Waals surface area (Å²) < 4.78 is 2.84. The van der Waals surface area contributed by atoms with Crippen LogP contribution in [0, 0.1) is 6.92 Å². The summed E-state index contributed by atoms with van der Waals surface area (Å²) in [6.07, 6.45) is 0. The molecule has 1 aromatic heterocycles. The first-order valence-corrected chi connectivity index (χ1v) is 5.51. The number of rotatable bonds is 0. The molecule has 10 heavy (non-hydrogen) atoms. The van der Waals surface area contributed by atoms with Crippen molar-refractivity contribution in [2.45, 2.75) is 6.92 Å². The van der Waals surface area contributed by atoms with E-state index in [1.165, 1.54) is 12.6 Å². The second-order valence-corrected chi connectivity index (χ2v) is 5.72. The molecule has 0 atom stereocenters. The van der Waals surface area contributed by atoms with Crippen LogP contribution in [0.4, 0.5) is 0 Å². The molecule has 50 valence electrons. The van der Waals surface area contributed by atoms with Gasteiger partial charge in [-0.15, -0.1) is 0 Å². The fourth-order valence-corrected chi connectivity index (χ4v) is 3.35. The van der Waals surface area contributed by atoms with E-state index < -0.39 is 0 Å². The van der Waals surface area contributed by atoms with Gasteiger partial charge in [-0.05, 0) is 0 Å². The van der Waals surface area contributed by atoms with Crippen LogP contribution in [0.2, 0.25) is 0 Å². The molecule has 0 saturated carbocycles. The fourth-order valence-electron chi connectivity index (χ4n) is 0.987. The number of hydrogen-bond donors (Lipinski definition) is 0. The van der Waals surface area contributed by atoms with E-state index in [-0.39, 0.29) is 20.4 Å². The second-order valence-electron chi connectivity index (χ2n) is 2.20. The molecule has 0 unspecified atom stereocenters. The Hall–Kier alpha value is -0.320. The van der Waals surface area contributed by atoms with Gasteiger partial charge in [-0.2, -0.15) is 0 Å². The third kappa shape index (κ3) is 0.982. The van der Waals surface area contributed by atoms with Crippen LogP contribution in [0.1, 0.15) is 3.71 Å². The molecule has 2 heteroatoms. The van der Waals surface area contributed by atoms with Crippen LogP contribution >= 0.6 is 0 Å². The van der Waals surface area contributed by atoms with Crippen molar-refractivity contribution in [3.63, 3.8) is 0 Å². The Kier molecular flexibility index (Phi) is 1.52. The van der Waals surface area contributed by atoms with Gasteiger partial charge in [-0.3, -0.25) is 0 Å². The molecule has 1 heterocycles. The topological polar surface area (TPSA) is 12.9 Å². The van der Waals surface area contributed by atoms with Gasteiger partial charge in [0.2, 0.25) is 0 Å². The van der Waals surface area contributed by atoms with Crippen molar-refractivity contribution in [1.82, 2.24) is 4.98 Å². The number of fused-ring (bicyclic) bond motifs is 1. The van der Waals surface area contributed by atoms with Crippen molar-refractivity contribution in [3.8, 4) is 0 Å². The molecular formula is C8H7NTe. The molecular weight excluding hydrogens is 238 g/mol. The summed E-state index contributed by atoms with van der Waals surface area (Å²) in [4.78, 5) is 4.43. The molecule has 0 radical (unpaired) electrons. The van der Waals surface area contributed by atoms with E-state index in [1.807, 2.05) is 6.07 Å². The third-order valence-electron chi connectivity index (χ3n) is 1.40. The van der Waals surface area contributed by atoms with Gasteiger partial charge >= 0.3 is 69.2 Å². The zero-order valence-electron chi connectivity index (χ0n) is 5.66. The number of aryl methyl sites for hydroxylation is 1. The van der Waals surface area contributed by atoms with E-state index >= 15 is 0 Å². The first-order chi connectivity index (χ1) is 4.86. The quantitative estimate of drug-likeness (QED) is 0.642. The Labute approximate surface area is 69.3 Å². The molecule has 0 aliphatic carbocycles. The van der Waals surface area contributed by atoms with Crippen LogP contribution in [0.25, 0.3) is 8.92 Å². The van der Waals surface area contributed by atoms with Crippen molar-refractivity contribution in [3.05, 3.63) is 28.0 Å². The van der Waals surface area contributed by atoms with E-state index in [1.54, 1.807) is 0 Å². The zero-order valence-corrected chi connectivity index (χ0v) is 8.00. The molecule has 1 aromatic carbocycles. The Morgan fingerprint density at radius 1 is 1.30 bits per heavy atom. The van der Waals surface area contributed by atoms with Crippen molar-refractivity contribution >= 4 is 29.3 Å². The second kappa shape index (κ2) is 2.38. The molecule has 1 nitrogen and oxygen atoms in total. The molecule has 0 fully saturated rings. The minimum atomic E-state index is -0.0590. The molecule has 0 aliphatic rings. The summed E-state index contributed by atoms with van der Waals surface area (Å²) in [6, 6.07) is 8.43. The monoisotopic (exact) mass is 247 g/mol. The van der Waals surface area contributed by atoms with Gasteiger partial charge in [0.15, 0.2) is 0 Å². The van der Waals surface area contributed by atoms with Crippen LogP contribution < -0.4 is 0 Å². The predicted octanol–water partition coefficient (Wildman–Crippen LogP) is 1.60. The maximum atomic E-state index is 4.43. The van der Waals surface area contributed by atoms with Gasteiger partial charge < -0.3 is 0 Å². The van der Waals surface area contributed by atoms with E-state index in [9.17, 15) is 0 Å². The van der Waals surface area contributed by atoms with Crippen LogP contribution in [-0.2, 0) is 0 Å². The van der Waals surface area contributed by atoms with Crippen LogP contribution in [0.5, 0.6) is 0 Å². The molecule has 2 aromatic rings. The Morgan fingerprint density at radius 3 is 2.90 bits per heavy atom. The van der Waals surface area contributed by atoms with Crippen LogP contribution in [-0.4, -0.2) is 25.4 Å². The van der Waals surface area contributed by atoms with Gasteiger partial charge in [0, 0.05) is 0 Å². The van der Waals surface area contributed by atoms with Crippen molar-refractivity contribution in [1.29, 1.82) is 0 Å². The first-order valence-electron chi connectivity index (χ1n) is 3.18. The summed E-state index contributed by atoms with van der Waals surface area (Å²) >= 11 is -0.0590. The Balaban J connectivity index is 2.88. The van der Waals surface area contributed by atoms with Gasteiger partial charge in [0.05, 0.1) is 0 Å². The summed E-state index contributed by atoms with van der Waals surface area (Å²) in [6.45, 7) is 2.13.